The molecule has 0 saturated carbocycles. The van der Waals surface area contributed by atoms with E-state index in [1.165, 1.54) is 11.3 Å². The number of para-hydroxylation sites is 2. The molecule has 0 bridgehead atoms. The Morgan fingerprint density at radius 1 is 1.08 bits per heavy atom. The number of rotatable bonds is 4. The quantitative estimate of drug-likeness (QED) is 0.765. The van der Waals surface area contributed by atoms with Gasteiger partial charge in [-0.2, -0.15) is 0 Å². The third-order valence-corrected chi connectivity index (χ3v) is 6.36. The highest BCUT2D eigenvalue weighted by molar-refractivity contribution is 5.64. The lowest BCUT2D eigenvalue weighted by atomic mass is 9.62. The summed E-state index contributed by atoms with van der Waals surface area (Å²) in [4.78, 5) is 2.50. The van der Waals surface area contributed by atoms with Gasteiger partial charge >= 0.3 is 0 Å². The molecule has 0 aromatic heterocycles. The number of benzene rings is 2. The topological polar surface area (TPSA) is 21.7 Å². The van der Waals surface area contributed by atoms with E-state index in [2.05, 4.69) is 68.1 Å². The molecule has 0 unspecified atom stereocenters. The number of anilines is 1. The Morgan fingerprint density at radius 3 is 2.50 bits per heavy atom. The molecule has 2 aliphatic heterocycles. The first kappa shape index (κ1) is 17.4. The van der Waals surface area contributed by atoms with Crippen molar-refractivity contribution in [1.82, 2.24) is 0 Å². The molecule has 2 aliphatic rings. The molecule has 138 valence electrons. The number of ether oxygens (including phenoxy) is 2. The molecule has 2 aromatic rings. The largest absolute Gasteiger partial charge is 0.493 e. The molecule has 4 rings (SSSR count). The molecule has 3 nitrogen and oxygen atoms in total. The van der Waals surface area contributed by atoms with Gasteiger partial charge < -0.3 is 14.4 Å². The summed E-state index contributed by atoms with van der Waals surface area (Å²) in [5.41, 5.74) is 3.28. The van der Waals surface area contributed by atoms with Gasteiger partial charge in [0.05, 0.1) is 12.5 Å². The van der Waals surface area contributed by atoms with Gasteiger partial charge in [-0.3, -0.25) is 0 Å². The van der Waals surface area contributed by atoms with Crippen molar-refractivity contribution in [3.05, 3.63) is 59.7 Å². The maximum Gasteiger partial charge on any atom is 0.177 e. The van der Waals surface area contributed by atoms with Crippen molar-refractivity contribution >= 4 is 5.69 Å². The second kappa shape index (κ2) is 6.31. The zero-order valence-electron chi connectivity index (χ0n) is 16.3. The molecule has 0 saturated heterocycles. The first-order valence-corrected chi connectivity index (χ1v) is 9.72. The van der Waals surface area contributed by atoms with Crippen LogP contribution >= 0.6 is 0 Å². The van der Waals surface area contributed by atoms with Crippen molar-refractivity contribution in [2.24, 2.45) is 5.92 Å². The smallest absolute Gasteiger partial charge is 0.177 e. The summed E-state index contributed by atoms with van der Waals surface area (Å²) in [6.07, 6.45) is 2.29. The highest BCUT2D eigenvalue weighted by Gasteiger charge is 2.60. The van der Waals surface area contributed by atoms with Gasteiger partial charge in [0.2, 0.25) is 0 Å². The van der Waals surface area contributed by atoms with E-state index in [0.29, 0.717) is 6.61 Å². The van der Waals surface area contributed by atoms with Gasteiger partial charge in [0.25, 0.3) is 0 Å². The zero-order valence-corrected chi connectivity index (χ0v) is 16.3. The average Bonchev–Trinajstić information content (AvgIpc) is 2.67. The Kier molecular flexibility index (Phi) is 4.23. The van der Waals surface area contributed by atoms with E-state index in [-0.39, 0.29) is 11.3 Å². The van der Waals surface area contributed by atoms with Gasteiger partial charge in [-0.1, -0.05) is 63.6 Å². The Balaban J connectivity index is 2.01. The second-order valence-corrected chi connectivity index (χ2v) is 8.00. The summed E-state index contributed by atoms with van der Waals surface area (Å²) in [7, 11) is 1.86. The molecular formula is C23H29NO2. The van der Waals surface area contributed by atoms with Gasteiger partial charge in [0, 0.05) is 30.3 Å². The average molecular weight is 351 g/mol. The van der Waals surface area contributed by atoms with Crippen LogP contribution in [0.15, 0.2) is 48.5 Å². The SMILES string of the molecule is CCCCN1c2ccccc2C(C)(C)[C@@H]2COc3ccccc3[C@@]21OC. The molecule has 2 atom stereocenters. The van der Waals surface area contributed by atoms with E-state index in [1.54, 1.807) is 0 Å². The number of hydrogen-bond donors (Lipinski definition) is 0. The number of methoxy groups -OCH3 is 1. The second-order valence-electron chi connectivity index (χ2n) is 8.00. The molecule has 0 N–H and O–H groups in total. The van der Waals surface area contributed by atoms with E-state index in [4.69, 9.17) is 9.47 Å². The van der Waals surface area contributed by atoms with Gasteiger partial charge in [0.1, 0.15) is 5.75 Å². The number of unbranched alkanes of at least 4 members (excludes halogenated alkanes) is 1. The van der Waals surface area contributed by atoms with Crippen LogP contribution in [-0.2, 0) is 15.9 Å². The van der Waals surface area contributed by atoms with Crippen LogP contribution in [0.4, 0.5) is 5.69 Å². The molecule has 2 aromatic carbocycles. The summed E-state index contributed by atoms with van der Waals surface area (Å²) in [6.45, 7) is 8.54. The fourth-order valence-electron chi connectivity index (χ4n) is 4.98. The maximum atomic E-state index is 6.46. The predicted molar refractivity (Wildman–Crippen MR) is 106 cm³/mol. The summed E-state index contributed by atoms with van der Waals surface area (Å²) in [5, 5.41) is 0. The summed E-state index contributed by atoms with van der Waals surface area (Å²) in [5.74, 6) is 1.16. The van der Waals surface area contributed by atoms with Gasteiger partial charge in [0.15, 0.2) is 5.72 Å². The number of fused-ring (bicyclic) bond motifs is 4. The van der Waals surface area contributed by atoms with Crippen LogP contribution in [0.25, 0.3) is 0 Å². The van der Waals surface area contributed by atoms with Gasteiger partial charge in [-0.25, -0.2) is 0 Å². The third-order valence-electron chi connectivity index (χ3n) is 6.36. The van der Waals surface area contributed by atoms with E-state index in [0.717, 1.165) is 30.7 Å². The molecule has 0 aliphatic carbocycles. The predicted octanol–water partition coefficient (Wildman–Crippen LogP) is 5.09. The zero-order chi connectivity index (χ0) is 18.4. The first-order valence-electron chi connectivity index (χ1n) is 9.72. The molecule has 0 amide bonds. The Labute approximate surface area is 156 Å². The molecule has 0 fully saturated rings. The Bertz CT molecular complexity index is 800. The van der Waals surface area contributed by atoms with Crippen molar-refractivity contribution in [3.8, 4) is 5.75 Å². The van der Waals surface area contributed by atoms with Gasteiger partial charge in [-0.05, 0) is 24.1 Å². The summed E-state index contributed by atoms with van der Waals surface area (Å²) in [6, 6.07) is 17.2. The van der Waals surface area contributed by atoms with Crippen molar-refractivity contribution in [3.63, 3.8) is 0 Å². The molecular weight excluding hydrogens is 322 g/mol. The minimum Gasteiger partial charge on any atom is -0.493 e. The number of nitrogens with zero attached hydrogens (tertiary/aromatic N) is 1. The van der Waals surface area contributed by atoms with Crippen molar-refractivity contribution in [2.75, 3.05) is 25.2 Å². The van der Waals surface area contributed by atoms with Crippen molar-refractivity contribution < 1.29 is 9.47 Å². The molecule has 3 heteroatoms. The van der Waals surface area contributed by atoms with E-state index >= 15 is 0 Å². The fraction of sp³-hybridized carbons (Fsp3) is 0.478. The summed E-state index contributed by atoms with van der Waals surface area (Å²) >= 11 is 0. The molecule has 0 radical (unpaired) electrons. The number of hydrogen-bond acceptors (Lipinski definition) is 3. The summed E-state index contributed by atoms with van der Waals surface area (Å²) < 4.78 is 12.7. The fourth-order valence-corrected chi connectivity index (χ4v) is 4.98. The van der Waals surface area contributed by atoms with E-state index < -0.39 is 5.72 Å². The molecule has 26 heavy (non-hydrogen) atoms. The van der Waals surface area contributed by atoms with E-state index in [9.17, 15) is 0 Å². The lowest BCUT2D eigenvalue weighted by Crippen LogP contribution is -2.64. The van der Waals surface area contributed by atoms with Crippen LogP contribution in [0.3, 0.4) is 0 Å². The van der Waals surface area contributed by atoms with Crippen LogP contribution in [0.5, 0.6) is 5.75 Å². The van der Waals surface area contributed by atoms with Crippen LogP contribution in [0.1, 0.15) is 44.7 Å². The monoisotopic (exact) mass is 351 g/mol. The third kappa shape index (κ3) is 2.23. The lowest BCUT2D eigenvalue weighted by Gasteiger charge is -2.60. The van der Waals surface area contributed by atoms with Crippen molar-refractivity contribution in [1.29, 1.82) is 0 Å². The maximum absolute atomic E-state index is 6.46. The lowest BCUT2D eigenvalue weighted by molar-refractivity contribution is -0.122. The molecule has 0 spiro atoms. The van der Waals surface area contributed by atoms with Crippen LogP contribution in [0, 0.1) is 5.92 Å². The van der Waals surface area contributed by atoms with Crippen LogP contribution in [0.2, 0.25) is 0 Å². The van der Waals surface area contributed by atoms with Crippen LogP contribution < -0.4 is 9.64 Å². The standard InChI is InChI=1S/C23H29NO2/c1-5-6-15-24-19-13-9-7-11-17(19)22(2,3)21-16-26-20-14-10-8-12-18(20)23(21,24)25-4/h7-14,21H,5-6,15-16H2,1-4H3/t21-,23+/m0/s1. The normalized spacial score (nSPS) is 25.7. The minimum absolute atomic E-state index is 0.0527. The molecule has 2 heterocycles. The highest BCUT2D eigenvalue weighted by atomic mass is 16.5. The first-order chi connectivity index (χ1) is 12.6. The van der Waals surface area contributed by atoms with Crippen molar-refractivity contribution in [2.45, 2.75) is 44.8 Å². The minimum atomic E-state index is -0.498. The Hall–Kier alpha value is -2.00. The van der Waals surface area contributed by atoms with Gasteiger partial charge in [-0.15, -0.1) is 0 Å². The van der Waals surface area contributed by atoms with Crippen LogP contribution in [-0.4, -0.2) is 20.3 Å². The highest BCUT2D eigenvalue weighted by Crippen LogP contribution is 2.58. The van der Waals surface area contributed by atoms with E-state index in [1.807, 2.05) is 13.2 Å². The Morgan fingerprint density at radius 2 is 1.77 bits per heavy atom.